The lowest BCUT2D eigenvalue weighted by Crippen LogP contribution is -2.53. The van der Waals surface area contributed by atoms with Gasteiger partial charge in [0.1, 0.15) is 11.4 Å². The number of urea groups is 1. The predicted octanol–water partition coefficient (Wildman–Crippen LogP) is 1.99. The number of nitrogens with zero attached hydrogens (tertiary/aromatic N) is 4. The molecule has 0 bridgehead atoms. The average molecular weight is 458 g/mol. The minimum absolute atomic E-state index is 0.188. The maximum absolute atomic E-state index is 12.9. The van der Waals surface area contributed by atoms with Crippen LogP contribution in [0, 0.1) is 0 Å². The number of piperazine rings is 1. The molecule has 32 heavy (non-hydrogen) atoms. The Bertz CT molecular complexity index is 1140. The summed E-state index contributed by atoms with van der Waals surface area (Å²) in [5, 5.41) is 2.90. The lowest BCUT2D eigenvalue weighted by Gasteiger charge is -2.34. The molecule has 10 heteroatoms. The van der Waals surface area contributed by atoms with E-state index in [1.165, 1.54) is 4.31 Å². The summed E-state index contributed by atoms with van der Waals surface area (Å²) < 4.78 is 34.5. The molecule has 1 N–H and O–H groups in total. The van der Waals surface area contributed by atoms with Crippen LogP contribution in [-0.4, -0.2) is 72.4 Å². The smallest absolute Gasteiger partial charge is 0.317 e. The van der Waals surface area contributed by atoms with Crippen molar-refractivity contribution in [3.05, 3.63) is 60.6 Å². The minimum Gasteiger partial charge on any atom is -0.494 e. The van der Waals surface area contributed by atoms with E-state index in [2.05, 4.69) is 10.3 Å². The van der Waals surface area contributed by atoms with Crippen LogP contribution in [-0.2, 0) is 16.4 Å². The number of carbonyl (C=O) groups is 1. The van der Waals surface area contributed by atoms with E-state index in [1.54, 1.807) is 29.2 Å². The van der Waals surface area contributed by atoms with Crippen molar-refractivity contribution in [1.29, 1.82) is 0 Å². The van der Waals surface area contributed by atoms with Crippen LogP contribution < -0.4 is 10.1 Å². The molecule has 0 saturated carbocycles. The minimum atomic E-state index is -3.60. The van der Waals surface area contributed by atoms with Crippen molar-refractivity contribution in [3.8, 4) is 5.75 Å². The first-order valence-corrected chi connectivity index (χ1v) is 12.1. The second-order valence-electron chi connectivity index (χ2n) is 7.48. The summed E-state index contributed by atoms with van der Waals surface area (Å²) in [6, 6.07) is 12.0. The monoisotopic (exact) mass is 457 g/mol. The highest BCUT2D eigenvalue weighted by molar-refractivity contribution is 7.89. The van der Waals surface area contributed by atoms with Crippen LogP contribution in [0.25, 0.3) is 5.65 Å². The number of fused-ring (bicyclic) bond motifs is 1. The van der Waals surface area contributed by atoms with Crippen LogP contribution in [0.15, 0.2) is 59.8 Å². The Morgan fingerprint density at radius 3 is 2.53 bits per heavy atom. The molecular formula is C22H27N5O4S. The van der Waals surface area contributed by atoms with Crippen molar-refractivity contribution >= 4 is 21.7 Å². The number of imidazole rings is 1. The first-order valence-electron chi connectivity index (χ1n) is 10.7. The number of carbonyl (C=O) groups excluding carboxylic acids is 1. The van der Waals surface area contributed by atoms with Gasteiger partial charge in [0, 0.05) is 51.5 Å². The molecule has 2 aromatic heterocycles. The summed E-state index contributed by atoms with van der Waals surface area (Å²) in [6.45, 7) is 4.07. The van der Waals surface area contributed by atoms with Gasteiger partial charge in [-0.1, -0.05) is 6.07 Å². The molecule has 4 rings (SSSR count). The third-order valence-electron chi connectivity index (χ3n) is 5.37. The first kappa shape index (κ1) is 22.1. The van der Waals surface area contributed by atoms with Gasteiger partial charge < -0.3 is 19.4 Å². The molecular weight excluding hydrogens is 430 g/mol. The van der Waals surface area contributed by atoms with Crippen LogP contribution in [0.1, 0.15) is 12.6 Å². The van der Waals surface area contributed by atoms with Crippen LogP contribution in [0.3, 0.4) is 0 Å². The normalized spacial score (nSPS) is 15.1. The fourth-order valence-electron chi connectivity index (χ4n) is 3.67. The van der Waals surface area contributed by atoms with Crippen molar-refractivity contribution in [1.82, 2.24) is 23.9 Å². The number of benzene rings is 1. The Kier molecular flexibility index (Phi) is 6.61. The van der Waals surface area contributed by atoms with Gasteiger partial charge in [-0.05, 0) is 43.3 Å². The number of ether oxygens (including phenoxy) is 1. The standard InChI is InChI=1S/C22H27N5O4S/c1-2-31-19-6-8-20(9-7-19)32(29,30)27-15-13-25(14-16-27)22(28)23-11-10-18-17-26-12-4-3-5-21(26)24-18/h3-9,12,17H,2,10-11,13-16H2,1H3,(H,23,28). The fraction of sp³-hybridized carbons (Fsp3) is 0.364. The molecule has 0 atom stereocenters. The van der Waals surface area contributed by atoms with Gasteiger partial charge in [-0.15, -0.1) is 0 Å². The number of aromatic nitrogens is 2. The summed E-state index contributed by atoms with van der Waals surface area (Å²) in [7, 11) is -3.60. The molecule has 9 nitrogen and oxygen atoms in total. The van der Waals surface area contributed by atoms with E-state index in [0.29, 0.717) is 38.4 Å². The zero-order valence-electron chi connectivity index (χ0n) is 18.0. The number of rotatable bonds is 7. The molecule has 0 spiro atoms. The molecule has 170 valence electrons. The lowest BCUT2D eigenvalue weighted by atomic mass is 10.3. The molecule has 1 saturated heterocycles. The number of hydrogen-bond donors (Lipinski definition) is 1. The van der Waals surface area contributed by atoms with Gasteiger partial charge in [0.15, 0.2) is 0 Å². The van der Waals surface area contributed by atoms with E-state index in [9.17, 15) is 13.2 Å². The van der Waals surface area contributed by atoms with Crippen molar-refractivity contribution in [2.75, 3.05) is 39.3 Å². The Balaban J connectivity index is 1.26. The third-order valence-corrected chi connectivity index (χ3v) is 7.28. The molecule has 3 heterocycles. The highest BCUT2D eigenvalue weighted by Gasteiger charge is 2.30. The lowest BCUT2D eigenvalue weighted by molar-refractivity contribution is 0.172. The quantitative estimate of drug-likeness (QED) is 0.585. The highest BCUT2D eigenvalue weighted by Crippen LogP contribution is 2.21. The van der Waals surface area contributed by atoms with E-state index in [-0.39, 0.29) is 24.0 Å². The van der Waals surface area contributed by atoms with Crippen LogP contribution in [0.5, 0.6) is 5.75 Å². The van der Waals surface area contributed by atoms with Crippen molar-refractivity contribution in [3.63, 3.8) is 0 Å². The average Bonchev–Trinajstić information content (AvgIpc) is 3.22. The Hall–Kier alpha value is -3.11. The number of amides is 2. The Morgan fingerprint density at radius 2 is 1.84 bits per heavy atom. The number of hydrogen-bond acceptors (Lipinski definition) is 5. The van der Waals surface area contributed by atoms with Gasteiger partial charge >= 0.3 is 6.03 Å². The summed E-state index contributed by atoms with van der Waals surface area (Å²) >= 11 is 0. The van der Waals surface area contributed by atoms with Crippen molar-refractivity contribution in [2.24, 2.45) is 0 Å². The molecule has 1 aromatic carbocycles. The van der Waals surface area contributed by atoms with Crippen LogP contribution in [0.2, 0.25) is 0 Å². The maximum Gasteiger partial charge on any atom is 0.317 e. The maximum atomic E-state index is 12.9. The van der Waals surface area contributed by atoms with E-state index in [4.69, 9.17) is 4.74 Å². The summed E-state index contributed by atoms with van der Waals surface area (Å²) in [5.41, 5.74) is 1.78. The van der Waals surface area contributed by atoms with E-state index in [1.807, 2.05) is 41.9 Å². The molecule has 0 radical (unpaired) electrons. The molecule has 3 aromatic rings. The predicted molar refractivity (Wildman–Crippen MR) is 120 cm³/mol. The molecule has 0 aliphatic carbocycles. The number of nitrogens with one attached hydrogen (secondary N) is 1. The Labute approximate surface area is 187 Å². The zero-order valence-corrected chi connectivity index (χ0v) is 18.8. The van der Waals surface area contributed by atoms with Crippen LogP contribution in [0.4, 0.5) is 4.79 Å². The van der Waals surface area contributed by atoms with E-state index < -0.39 is 10.0 Å². The molecule has 1 aliphatic rings. The Morgan fingerprint density at radius 1 is 1.09 bits per heavy atom. The fourth-order valence-corrected chi connectivity index (χ4v) is 5.09. The SMILES string of the molecule is CCOc1ccc(S(=O)(=O)N2CCN(C(=O)NCCc3cn4ccccc4n3)CC2)cc1. The van der Waals surface area contributed by atoms with E-state index in [0.717, 1.165) is 11.3 Å². The van der Waals surface area contributed by atoms with E-state index >= 15 is 0 Å². The number of sulfonamides is 1. The van der Waals surface area contributed by atoms with Gasteiger partial charge in [0.2, 0.25) is 10.0 Å². The molecule has 2 amide bonds. The third kappa shape index (κ3) is 4.86. The van der Waals surface area contributed by atoms with Crippen molar-refractivity contribution in [2.45, 2.75) is 18.2 Å². The topological polar surface area (TPSA) is 96.3 Å². The van der Waals surface area contributed by atoms with Gasteiger partial charge in [-0.25, -0.2) is 18.2 Å². The summed E-state index contributed by atoms with van der Waals surface area (Å²) in [5.74, 6) is 0.636. The highest BCUT2D eigenvalue weighted by atomic mass is 32.2. The van der Waals surface area contributed by atoms with Crippen molar-refractivity contribution < 1.29 is 17.9 Å². The second kappa shape index (κ2) is 9.58. The van der Waals surface area contributed by atoms with Gasteiger partial charge in [-0.2, -0.15) is 4.31 Å². The summed E-state index contributed by atoms with van der Waals surface area (Å²) in [4.78, 5) is 18.9. The zero-order chi connectivity index (χ0) is 22.6. The van der Waals surface area contributed by atoms with Gasteiger partial charge in [0.25, 0.3) is 0 Å². The van der Waals surface area contributed by atoms with Gasteiger partial charge in [-0.3, -0.25) is 0 Å². The number of pyridine rings is 1. The second-order valence-corrected chi connectivity index (χ2v) is 9.41. The largest absolute Gasteiger partial charge is 0.494 e. The van der Waals surface area contributed by atoms with Crippen LogP contribution >= 0.6 is 0 Å². The molecule has 1 aliphatic heterocycles. The van der Waals surface area contributed by atoms with Gasteiger partial charge in [0.05, 0.1) is 17.2 Å². The molecule has 0 unspecified atom stereocenters. The molecule has 1 fully saturated rings. The first-order chi connectivity index (χ1) is 15.5. The summed E-state index contributed by atoms with van der Waals surface area (Å²) in [6.07, 6.45) is 4.51.